The van der Waals surface area contributed by atoms with E-state index in [9.17, 15) is 23.5 Å². The van der Waals surface area contributed by atoms with E-state index in [2.05, 4.69) is 9.72 Å². The van der Waals surface area contributed by atoms with E-state index in [0.717, 1.165) is 12.8 Å². The maximum absolute atomic E-state index is 13.1. The molecular formula is C27H34Cl2F2N4O6. The van der Waals surface area contributed by atoms with Crippen LogP contribution < -0.4 is 20.1 Å². The molecule has 1 amide bonds. The Balaban J connectivity index is 0.00000294. The quantitative estimate of drug-likeness (QED) is 0.366. The highest BCUT2D eigenvalue weighted by Gasteiger charge is 2.50. The van der Waals surface area contributed by atoms with Crippen molar-refractivity contribution in [3.05, 3.63) is 59.1 Å². The van der Waals surface area contributed by atoms with E-state index >= 15 is 0 Å². The molecule has 3 N–H and O–H groups in total. The molecule has 1 saturated carbocycles. The molecule has 1 fully saturated rings. The number of rotatable bonds is 11. The first kappa shape index (κ1) is 33.9. The predicted molar refractivity (Wildman–Crippen MR) is 152 cm³/mol. The Kier molecular flexibility index (Phi) is 11.2. The Labute approximate surface area is 249 Å². The van der Waals surface area contributed by atoms with Crippen LogP contribution in [0.5, 0.6) is 11.5 Å². The number of hydrogen-bond acceptors (Lipinski definition) is 8. The molecule has 2 atom stereocenters. The van der Waals surface area contributed by atoms with Crippen molar-refractivity contribution in [2.45, 2.75) is 52.0 Å². The zero-order chi connectivity index (χ0) is 28.5. The van der Waals surface area contributed by atoms with Gasteiger partial charge in [0, 0.05) is 19.2 Å². The Bertz CT molecular complexity index is 1290. The number of carbonyl (C=O) groups excluding carboxylic acids is 1. The molecule has 1 unspecified atom stereocenters. The Hall–Kier alpha value is -3.35. The van der Waals surface area contributed by atoms with Crippen LogP contribution in [0, 0.1) is 5.92 Å². The average Bonchev–Trinajstić information content (AvgIpc) is 3.67. The van der Waals surface area contributed by atoms with E-state index in [-0.39, 0.29) is 65.2 Å². The van der Waals surface area contributed by atoms with Gasteiger partial charge >= 0.3 is 12.6 Å². The summed E-state index contributed by atoms with van der Waals surface area (Å²) in [6, 6.07) is 8.15. The SMILES string of the molecule is CCN(C)C(=O)c1cccc(N2C(C(=O)O)=C(C(C)N)O[C@@]2(C)c2ccc(OC(F)F)c(OCC3CC3)c2)n1.Cl.Cl. The van der Waals surface area contributed by atoms with Gasteiger partial charge in [0.25, 0.3) is 5.91 Å². The molecule has 41 heavy (non-hydrogen) atoms. The Morgan fingerprint density at radius 2 is 1.93 bits per heavy atom. The van der Waals surface area contributed by atoms with Gasteiger partial charge in [0.15, 0.2) is 17.2 Å². The van der Waals surface area contributed by atoms with Crippen LogP contribution in [0.2, 0.25) is 0 Å². The van der Waals surface area contributed by atoms with Crippen molar-refractivity contribution in [2.75, 3.05) is 25.1 Å². The molecule has 0 spiro atoms. The maximum atomic E-state index is 13.1. The van der Waals surface area contributed by atoms with Crippen molar-refractivity contribution in [1.82, 2.24) is 9.88 Å². The molecule has 2 aromatic rings. The molecule has 2 heterocycles. The molecule has 2 aliphatic rings. The van der Waals surface area contributed by atoms with Gasteiger partial charge in [0.05, 0.1) is 12.6 Å². The second-order valence-electron chi connectivity index (χ2n) is 9.72. The number of nitrogens with zero attached hydrogens (tertiary/aromatic N) is 3. The number of anilines is 1. The van der Waals surface area contributed by atoms with Crippen LogP contribution in [0.4, 0.5) is 14.6 Å². The Morgan fingerprint density at radius 3 is 2.49 bits per heavy atom. The first-order valence-electron chi connectivity index (χ1n) is 12.6. The summed E-state index contributed by atoms with van der Waals surface area (Å²) in [4.78, 5) is 32.7. The van der Waals surface area contributed by atoms with Crippen LogP contribution in [0.1, 0.15) is 49.7 Å². The minimum atomic E-state index is -3.07. The lowest BCUT2D eigenvalue weighted by atomic mass is 10.0. The van der Waals surface area contributed by atoms with E-state index in [4.69, 9.17) is 15.2 Å². The smallest absolute Gasteiger partial charge is 0.387 e. The minimum absolute atomic E-state index is 0. The van der Waals surface area contributed by atoms with Gasteiger partial charge in [-0.3, -0.25) is 9.69 Å². The molecule has 0 radical (unpaired) electrons. The van der Waals surface area contributed by atoms with E-state index < -0.39 is 24.3 Å². The summed E-state index contributed by atoms with van der Waals surface area (Å²) in [5.74, 6) is -1.32. The van der Waals surface area contributed by atoms with E-state index in [1.807, 2.05) is 6.92 Å². The third kappa shape index (κ3) is 7.11. The molecule has 1 aromatic heterocycles. The first-order chi connectivity index (χ1) is 18.5. The number of pyridine rings is 1. The number of halogens is 4. The summed E-state index contributed by atoms with van der Waals surface area (Å²) in [6.07, 6.45) is 1.97. The van der Waals surface area contributed by atoms with Crippen molar-refractivity contribution >= 4 is 42.5 Å². The number of aromatic nitrogens is 1. The largest absolute Gasteiger partial charge is 0.489 e. The number of ether oxygens (including phenoxy) is 3. The lowest BCUT2D eigenvalue weighted by molar-refractivity contribution is -0.132. The van der Waals surface area contributed by atoms with Gasteiger partial charge in [0.1, 0.15) is 17.3 Å². The third-order valence-electron chi connectivity index (χ3n) is 6.68. The topological polar surface area (TPSA) is 127 Å². The van der Waals surface area contributed by atoms with Crippen molar-refractivity contribution in [2.24, 2.45) is 11.7 Å². The van der Waals surface area contributed by atoms with Crippen molar-refractivity contribution < 1.29 is 37.7 Å². The minimum Gasteiger partial charge on any atom is -0.489 e. The molecule has 0 saturated heterocycles. The summed E-state index contributed by atoms with van der Waals surface area (Å²) in [5, 5.41) is 10.2. The van der Waals surface area contributed by atoms with Crippen LogP contribution in [-0.2, 0) is 15.3 Å². The monoisotopic (exact) mass is 618 g/mol. The fourth-order valence-corrected chi connectivity index (χ4v) is 4.26. The molecule has 1 aromatic carbocycles. The van der Waals surface area contributed by atoms with Gasteiger partial charge in [0.2, 0.25) is 5.72 Å². The molecular weight excluding hydrogens is 585 g/mol. The second kappa shape index (κ2) is 13.5. The summed E-state index contributed by atoms with van der Waals surface area (Å²) in [7, 11) is 1.63. The number of nitrogens with two attached hydrogens (primary N) is 1. The number of alkyl halides is 2. The van der Waals surface area contributed by atoms with Crippen LogP contribution in [-0.4, -0.2) is 59.7 Å². The van der Waals surface area contributed by atoms with Gasteiger partial charge in [-0.2, -0.15) is 8.78 Å². The Morgan fingerprint density at radius 1 is 1.24 bits per heavy atom. The number of benzene rings is 1. The van der Waals surface area contributed by atoms with Gasteiger partial charge in [-0.25, -0.2) is 9.78 Å². The maximum Gasteiger partial charge on any atom is 0.387 e. The highest BCUT2D eigenvalue weighted by molar-refractivity contribution is 5.95. The number of hydrogen-bond donors (Lipinski definition) is 2. The van der Waals surface area contributed by atoms with Gasteiger partial charge in [-0.05, 0) is 69.9 Å². The first-order valence-corrected chi connectivity index (χ1v) is 12.6. The summed E-state index contributed by atoms with van der Waals surface area (Å²) in [5.41, 5.74) is 4.77. The summed E-state index contributed by atoms with van der Waals surface area (Å²) in [6.45, 7) is 2.70. The molecule has 14 heteroatoms. The normalized spacial score (nSPS) is 18.7. The zero-order valence-electron chi connectivity index (χ0n) is 23.0. The molecule has 0 bridgehead atoms. The van der Waals surface area contributed by atoms with Gasteiger partial charge in [-0.15, -0.1) is 24.8 Å². The number of aliphatic carboxylic acids is 1. The number of carboxylic acid groups (broad SMARTS) is 1. The molecule has 1 aliphatic carbocycles. The summed E-state index contributed by atoms with van der Waals surface area (Å²) >= 11 is 0. The number of carbonyl (C=O) groups is 2. The van der Waals surface area contributed by atoms with Crippen molar-refractivity contribution in [3.8, 4) is 11.5 Å². The highest BCUT2D eigenvalue weighted by Crippen LogP contribution is 2.47. The van der Waals surface area contributed by atoms with E-state index in [1.54, 1.807) is 33.0 Å². The lowest BCUT2D eigenvalue weighted by Crippen LogP contribution is -2.43. The van der Waals surface area contributed by atoms with Crippen molar-refractivity contribution in [3.63, 3.8) is 0 Å². The molecule has 226 valence electrons. The summed E-state index contributed by atoms with van der Waals surface area (Å²) < 4.78 is 42.9. The highest BCUT2D eigenvalue weighted by atomic mass is 35.5. The molecule has 10 nitrogen and oxygen atoms in total. The fourth-order valence-electron chi connectivity index (χ4n) is 4.26. The third-order valence-corrected chi connectivity index (χ3v) is 6.68. The van der Waals surface area contributed by atoms with E-state index in [0.29, 0.717) is 24.6 Å². The molecule has 1 aliphatic heterocycles. The number of carboxylic acids is 1. The molecule has 4 rings (SSSR count). The van der Waals surface area contributed by atoms with Crippen molar-refractivity contribution in [1.29, 1.82) is 0 Å². The van der Waals surface area contributed by atoms with Gasteiger partial charge in [-0.1, -0.05) is 6.07 Å². The number of amides is 1. The average molecular weight is 619 g/mol. The lowest BCUT2D eigenvalue weighted by Gasteiger charge is -2.36. The van der Waals surface area contributed by atoms with Crippen LogP contribution in [0.15, 0.2) is 47.9 Å². The zero-order valence-corrected chi connectivity index (χ0v) is 24.6. The predicted octanol–water partition coefficient (Wildman–Crippen LogP) is 4.76. The van der Waals surface area contributed by atoms with Crippen LogP contribution >= 0.6 is 24.8 Å². The van der Waals surface area contributed by atoms with Crippen LogP contribution in [0.3, 0.4) is 0 Å². The fraction of sp³-hybridized carbons (Fsp3) is 0.444. The second-order valence-corrected chi connectivity index (χ2v) is 9.72. The standard InChI is InChI=1S/C27H32F2N4O6.2ClH/c1-5-32(4)24(34)18-7-6-8-21(31-18)33-22(25(35)36)23(15(2)30)39-27(33,3)17-11-12-19(38-26(28)29)20(13-17)37-14-16-9-10-16;;/h6-8,11-13,15-16,26H,5,9-10,14,30H2,1-4H3,(H,35,36);2*1H/t15?,27-;;/m0../s1. The van der Waals surface area contributed by atoms with Gasteiger partial charge < -0.3 is 30.0 Å². The van der Waals surface area contributed by atoms with Crippen LogP contribution in [0.25, 0.3) is 0 Å². The van der Waals surface area contributed by atoms with E-state index in [1.165, 1.54) is 34.1 Å².